The molecule has 0 unspecified atom stereocenters. The van der Waals surface area contributed by atoms with Crippen LogP contribution in [0.4, 0.5) is 5.69 Å². The molecule has 0 aliphatic heterocycles. The van der Waals surface area contributed by atoms with E-state index < -0.39 is 0 Å². The smallest absolute Gasteiger partial charge is 0.374 e. The molecule has 0 saturated heterocycles. The van der Waals surface area contributed by atoms with Gasteiger partial charge in [0.1, 0.15) is 5.75 Å². The average Bonchev–Trinajstić information content (AvgIpc) is 1.99. The van der Waals surface area contributed by atoms with E-state index in [1.165, 1.54) is 0 Å². The molecule has 5 heteroatoms. The summed E-state index contributed by atoms with van der Waals surface area (Å²) in [7, 11) is 4.97. The van der Waals surface area contributed by atoms with Gasteiger partial charge in [0.2, 0.25) is 0 Å². The molecule has 0 amide bonds. The van der Waals surface area contributed by atoms with Gasteiger partial charge in [-0.05, 0) is 12.1 Å². The van der Waals surface area contributed by atoms with Gasteiger partial charge in [-0.3, -0.25) is 0 Å². The Bertz CT molecular complexity index is 280. The van der Waals surface area contributed by atoms with Crippen molar-refractivity contribution in [1.82, 2.24) is 0 Å². The van der Waals surface area contributed by atoms with E-state index in [0.29, 0.717) is 21.2 Å². The third kappa shape index (κ3) is 1.60. The van der Waals surface area contributed by atoms with E-state index in [0.717, 1.165) is 0 Å². The molecule has 0 saturated carbocycles. The van der Waals surface area contributed by atoms with Crippen molar-refractivity contribution in [3.63, 3.8) is 0 Å². The number of hydrogen-bond donors (Lipinski definition) is 3. The Hall–Kier alpha value is -0.415. The van der Waals surface area contributed by atoms with Crippen LogP contribution in [0.5, 0.6) is 5.75 Å². The van der Waals surface area contributed by atoms with Gasteiger partial charge in [0.25, 0.3) is 0 Å². The van der Waals surface area contributed by atoms with Crippen LogP contribution in [0.1, 0.15) is 0 Å². The maximum Gasteiger partial charge on any atom is 0.374 e. The quantitative estimate of drug-likeness (QED) is 0.348. The SMILES string of the molecule is [B]Oc1c(S)ccc(N)c1S. The molecular weight excluding hydrogens is 177 g/mol. The molecule has 1 aromatic carbocycles. The van der Waals surface area contributed by atoms with Crippen LogP contribution in [0.3, 0.4) is 0 Å². The van der Waals surface area contributed by atoms with Crippen LogP contribution in [0.25, 0.3) is 0 Å². The predicted octanol–water partition coefficient (Wildman–Crippen LogP) is 1.31. The lowest BCUT2D eigenvalue weighted by atomic mass is 10.3. The van der Waals surface area contributed by atoms with Crippen LogP contribution in [0, 0.1) is 0 Å². The molecule has 0 aliphatic rings. The maximum absolute atomic E-state index is 5.52. The number of thiol groups is 2. The zero-order valence-corrected chi connectivity index (χ0v) is 7.40. The summed E-state index contributed by atoms with van der Waals surface area (Å²) in [4.78, 5) is 1.13. The molecule has 0 aliphatic carbocycles. The van der Waals surface area contributed by atoms with Gasteiger partial charge in [-0.1, -0.05) is 0 Å². The van der Waals surface area contributed by atoms with Crippen molar-refractivity contribution in [2.24, 2.45) is 0 Å². The second-order valence-corrected chi connectivity index (χ2v) is 2.90. The molecule has 0 spiro atoms. The van der Waals surface area contributed by atoms with Crippen LogP contribution >= 0.6 is 25.3 Å². The fourth-order valence-corrected chi connectivity index (χ4v) is 1.27. The first-order valence-corrected chi connectivity index (χ1v) is 3.73. The number of benzene rings is 1. The Balaban J connectivity index is 3.29. The van der Waals surface area contributed by atoms with Crippen molar-refractivity contribution in [3.8, 4) is 5.75 Å². The van der Waals surface area contributed by atoms with Crippen molar-refractivity contribution in [1.29, 1.82) is 0 Å². The minimum absolute atomic E-state index is 0.400. The van der Waals surface area contributed by atoms with Crippen LogP contribution in [0.15, 0.2) is 21.9 Å². The molecule has 1 rings (SSSR count). The first kappa shape index (κ1) is 8.68. The summed E-state index contributed by atoms with van der Waals surface area (Å²) >= 11 is 8.17. The Morgan fingerprint density at radius 3 is 2.45 bits per heavy atom. The number of rotatable bonds is 1. The van der Waals surface area contributed by atoms with Crippen molar-refractivity contribution in [2.75, 3.05) is 5.73 Å². The van der Waals surface area contributed by atoms with Crippen molar-refractivity contribution >= 4 is 39.0 Å². The second-order valence-electron chi connectivity index (χ2n) is 1.97. The molecule has 56 valence electrons. The summed E-state index contributed by atoms with van der Waals surface area (Å²) < 4.78 is 4.52. The fourth-order valence-electron chi connectivity index (χ4n) is 0.692. The molecular formula is C6H6BNOS2. The highest BCUT2D eigenvalue weighted by molar-refractivity contribution is 7.81. The highest BCUT2D eigenvalue weighted by Gasteiger charge is 2.05. The van der Waals surface area contributed by atoms with Gasteiger partial charge in [0.05, 0.1) is 4.90 Å². The van der Waals surface area contributed by atoms with Crippen molar-refractivity contribution in [3.05, 3.63) is 12.1 Å². The third-order valence-electron chi connectivity index (χ3n) is 1.26. The van der Waals surface area contributed by atoms with Gasteiger partial charge in [0, 0.05) is 10.6 Å². The molecule has 2 radical (unpaired) electrons. The highest BCUT2D eigenvalue weighted by atomic mass is 32.1. The van der Waals surface area contributed by atoms with E-state index in [2.05, 4.69) is 29.9 Å². The number of hydrogen-bond acceptors (Lipinski definition) is 4. The fraction of sp³-hybridized carbons (Fsp3) is 0. The van der Waals surface area contributed by atoms with Gasteiger partial charge in [-0.15, -0.1) is 25.3 Å². The summed E-state index contributed by atoms with van der Waals surface area (Å²) in [5, 5.41) is 0. The standard InChI is InChI=1S/C6H6BNOS2/c7-9-5-4(10)2-1-3(8)6(5)11/h1-2,10-11H,8H2. The molecule has 0 aromatic heterocycles. The Morgan fingerprint density at radius 1 is 1.36 bits per heavy atom. The summed E-state index contributed by atoms with van der Waals surface area (Å²) in [5.74, 6) is 0.400. The van der Waals surface area contributed by atoms with Crippen LogP contribution < -0.4 is 10.4 Å². The molecule has 0 fully saturated rings. The van der Waals surface area contributed by atoms with Gasteiger partial charge in [-0.2, -0.15) is 0 Å². The number of nitrogens with two attached hydrogens (primary N) is 1. The molecule has 0 bridgehead atoms. The van der Waals surface area contributed by atoms with Gasteiger partial charge in [0.15, 0.2) is 0 Å². The van der Waals surface area contributed by atoms with E-state index in [9.17, 15) is 0 Å². The first-order chi connectivity index (χ1) is 5.16. The largest absolute Gasteiger partial charge is 0.566 e. The molecule has 0 atom stereocenters. The second kappa shape index (κ2) is 3.32. The van der Waals surface area contributed by atoms with Gasteiger partial charge < -0.3 is 10.4 Å². The zero-order valence-electron chi connectivity index (χ0n) is 5.61. The van der Waals surface area contributed by atoms with Crippen molar-refractivity contribution < 1.29 is 4.65 Å². The van der Waals surface area contributed by atoms with E-state index in [-0.39, 0.29) is 0 Å². The maximum atomic E-state index is 5.52. The normalized spacial score (nSPS) is 9.64. The van der Waals surface area contributed by atoms with E-state index >= 15 is 0 Å². The zero-order chi connectivity index (χ0) is 8.43. The van der Waals surface area contributed by atoms with Gasteiger partial charge in [-0.25, -0.2) is 0 Å². The Kier molecular flexibility index (Phi) is 2.62. The minimum Gasteiger partial charge on any atom is -0.566 e. The minimum atomic E-state index is 0.400. The number of nitrogen functional groups attached to an aromatic ring is 1. The highest BCUT2D eigenvalue weighted by Crippen LogP contribution is 2.33. The lowest BCUT2D eigenvalue weighted by Crippen LogP contribution is -1.93. The summed E-state index contributed by atoms with van der Waals surface area (Å²) in [6.07, 6.45) is 0. The molecule has 2 N–H and O–H groups in total. The lowest BCUT2D eigenvalue weighted by Gasteiger charge is -2.08. The summed E-state index contributed by atoms with van der Waals surface area (Å²) in [6.45, 7) is 0. The van der Waals surface area contributed by atoms with Crippen LogP contribution in [-0.2, 0) is 0 Å². The van der Waals surface area contributed by atoms with Crippen LogP contribution in [-0.4, -0.2) is 8.05 Å². The molecule has 11 heavy (non-hydrogen) atoms. The van der Waals surface area contributed by atoms with E-state index in [1.54, 1.807) is 12.1 Å². The third-order valence-corrected chi connectivity index (χ3v) is 2.07. The summed E-state index contributed by atoms with van der Waals surface area (Å²) in [6, 6.07) is 3.38. The molecule has 0 heterocycles. The molecule has 1 aromatic rings. The van der Waals surface area contributed by atoms with Gasteiger partial charge >= 0.3 is 8.05 Å². The molecule has 2 nitrogen and oxygen atoms in total. The Labute approximate surface area is 77.4 Å². The summed E-state index contributed by atoms with van der Waals surface area (Å²) in [5.41, 5.74) is 6.04. The average molecular weight is 183 g/mol. The number of anilines is 1. The van der Waals surface area contributed by atoms with E-state index in [1.807, 2.05) is 0 Å². The van der Waals surface area contributed by atoms with Crippen molar-refractivity contribution in [2.45, 2.75) is 9.79 Å². The Morgan fingerprint density at radius 2 is 2.00 bits per heavy atom. The van der Waals surface area contributed by atoms with E-state index in [4.69, 9.17) is 13.8 Å². The van der Waals surface area contributed by atoms with Crippen LogP contribution in [0.2, 0.25) is 0 Å². The predicted molar refractivity (Wildman–Crippen MR) is 51.7 cm³/mol. The lowest BCUT2D eigenvalue weighted by molar-refractivity contribution is 0.584. The first-order valence-electron chi connectivity index (χ1n) is 2.84. The monoisotopic (exact) mass is 183 g/mol. The topological polar surface area (TPSA) is 35.2 Å².